The number of methoxy groups -OCH3 is 1. The number of hydrogen-bond acceptors (Lipinski definition) is 4. The van der Waals surface area contributed by atoms with Crippen molar-refractivity contribution in [2.75, 3.05) is 13.7 Å². The second-order valence-corrected chi connectivity index (χ2v) is 6.56. The lowest BCUT2D eigenvalue weighted by molar-refractivity contribution is 0.0522. The highest BCUT2D eigenvalue weighted by Gasteiger charge is 2.18. The molecule has 2 atom stereocenters. The fourth-order valence-corrected chi connectivity index (χ4v) is 2.17. The molecule has 23 heavy (non-hydrogen) atoms. The first-order valence-electron chi connectivity index (χ1n) is 7.68. The van der Waals surface area contributed by atoms with Gasteiger partial charge in [-0.2, -0.15) is 0 Å². The maximum atomic E-state index is 13.4. The van der Waals surface area contributed by atoms with Crippen LogP contribution in [0.15, 0.2) is 18.2 Å². The van der Waals surface area contributed by atoms with E-state index in [4.69, 9.17) is 9.47 Å². The largest absolute Gasteiger partial charge is 0.496 e. The highest BCUT2D eigenvalue weighted by molar-refractivity contribution is 5.67. The molecule has 1 aromatic carbocycles. The van der Waals surface area contributed by atoms with Gasteiger partial charge in [-0.15, -0.1) is 0 Å². The van der Waals surface area contributed by atoms with Crippen LogP contribution in [0.5, 0.6) is 5.75 Å². The Morgan fingerprint density at radius 2 is 1.96 bits per heavy atom. The SMILES string of the molecule is COc1ccc(F)cc1C(C)NC(C)CNC(=O)OC(C)(C)C. The average Bonchev–Trinajstić information content (AvgIpc) is 2.43. The Balaban J connectivity index is 2.55. The van der Waals surface area contributed by atoms with Crippen molar-refractivity contribution in [3.8, 4) is 5.75 Å². The first-order chi connectivity index (χ1) is 10.6. The molecule has 0 aliphatic rings. The van der Waals surface area contributed by atoms with Crippen LogP contribution in [0.25, 0.3) is 0 Å². The Kier molecular flexibility index (Phi) is 6.81. The second-order valence-electron chi connectivity index (χ2n) is 6.56. The standard InChI is InChI=1S/C17H27FN2O3/c1-11(10-19-16(21)23-17(3,4)5)20-12(2)14-9-13(18)7-8-15(14)22-6/h7-9,11-12,20H,10H2,1-6H3,(H,19,21). The van der Waals surface area contributed by atoms with E-state index in [0.29, 0.717) is 12.3 Å². The van der Waals surface area contributed by atoms with Crippen molar-refractivity contribution in [1.29, 1.82) is 0 Å². The zero-order valence-electron chi connectivity index (χ0n) is 14.7. The van der Waals surface area contributed by atoms with Crippen LogP contribution in [0.1, 0.15) is 46.2 Å². The Morgan fingerprint density at radius 1 is 1.30 bits per heavy atom. The number of nitrogens with one attached hydrogen (secondary N) is 2. The van der Waals surface area contributed by atoms with E-state index in [1.165, 1.54) is 12.1 Å². The number of amides is 1. The van der Waals surface area contributed by atoms with E-state index < -0.39 is 11.7 Å². The third-order valence-electron chi connectivity index (χ3n) is 3.14. The van der Waals surface area contributed by atoms with Gasteiger partial charge in [0, 0.05) is 24.2 Å². The minimum absolute atomic E-state index is 0.0227. The maximum Gasteiger partial charge on any atom is 0.407 e. The first-order valence-corrected chi connectivity index (χ1v) is 7.68. The van der Waals surface area contributed by atoms with Crippen molar-refractivity contribution in [2.24, 2.45) is 0 Å². The molecule has 0 radical (unpaired) electrons. The van der Waals surface area contributed by atoms with E-state index in [-0.39, 0.29) is 17.9 Å². The number of benzene rings is 1. The average molecular weight is 326 g/mol. The summed E-state index contributed by atoms with van der Waals surface area (Å²) in [5.74, 6) is 0.313. The molecule has 1 aromatic rings. The van der Waals surface area contributed by atoms with Gasteiger partial charge >= 0.3 is 6.09 Å². The monoisotopic (exact) mass is 326 g/mol. The Labute approximate surface area is 137 Å². The van der Waals surface area contributed by atoms with Crippen molar-refractivity contribution in [1.82, 2.24) is 10.6 Å². The van der Waals surface area contributed by atoms with Gasteiger partial charge in [0.15, 0.2) is 0 Å². The van der Waals surface area contributed by atoms with Crippen LogP contribution in [0.3, 0.4) is 0 Å². The lowest BCUT2D eigenvalue weighted by Gasteiger charge is -2.24. The van der Waals surface area contributed by atoms with Crippen molar-refractivity contribution >= 4 is 6.09 Å². The number of carbonyl (C=O) groups excluding carboxylic acids is 1. The molecule has 0 fully saturated rings. The van der Waals surface area contributed by atoms with Gasteiger partial charge in [0.2, 0.25) is 0 Å². The Bertz CT molecular complexity index is 529. The van der Waals surface area contributed by atoms with Crippen molar-refractivity contribution < 1.29 is 18.7 Å². The van der Waals surface area contributed by atoms with Crippen molar-refractivity contribution in [2.45, 2.75) is 52.3 Å². The van der Waals surface area contributed by atoms with Crippen molar-refractivity contribution in [3.63, 3.8) is 0 Å². The molecule has 0 aliphatic heterocycles. The van der Waals surface area contributed by atoms with Crippen LogP contribution in [0.4, 0.5) is 9.18 Å². The summed E-state index contributed by atoms with van der Waals surface area (Å²) in [6.45, 7) is 9.68. The topological polar surface area (TPSA) is 59.6 Å². The maximum absolute atomic E-state index is 13.4. The van der Waals surface area contributed by atoms with Crippen LogP contribution < -0.4 is 15.4 Å². The highest BCUT2D eigenvalue weighted by Crippen LogP contribution is 2.26. The minimum atomic E-state index is -0.525. The van der Waals surface area contributed by atoms with Gasteiger partial charge in [-0.25, -0.2) is 9.18 Å². The summed E-state index contributed by atoms with van der Waals surface area (Å²) in [5.41, 5.74) is 0.208. The molecule has 0 saturated heterocycles. The fourth-order valence-electron chi connectivity index (χ4n) is 2.17. The summed E-state index contributed by atoms with van der Waals surface area (Å²) in [5, 5.41) is 6.01. The van der Waals surface area contributed by atoms with Crippen LogP contribution >= 0.6 is 0 Å². The number of carbonyl (C=O) groups is 1. The van der Waals surface area contributed by atoms with E-state index in [1.54, 1.807) is 13.2 Å². The number of alkyl carbamates (subject to hydrolysis) is 1. The van der Waals surface area contributed by atoms with E-state index in [9.17, 15) is 9.18 Å². The molecule has 0 aromatic heterocycles. The van der Waals surface area contributed by atoms with Crippen LogP contribution in [0, 0.1) is 5.82 Å². The Morgan fingerprint density at radius 3 is 2.52 bits per heavy atom. The van der Waals surface area contributed by atoms with Crippen LogP contribution in [0.2, 0.25) is 0 Å². The molecule has 2 unspecified atom stereocenters. The molecule has 2 N–H and O–H groups in total. The quantitative estimate of drug-likeness (QED) is 0.841. The lowest BCUT2D eigenvalue weighted by atomic mass is 10.1. The van der Waals surface area contributed by atoms with Crippen LogP contribution in [-0.4, -0.2) is 31.4 Å². The fraction of sp³-hybridized carbons (Fsp3) is 0.588. The van der Waals surface area contributed by atoms with Gasteiger partial charge < -0.3 is 20.1 Å². The molecule has 0 heterocycles. The number of halogens is 1. The van der Waals surface area contributed by atoms with E-state index in [1.807, 2.05) is 34.6 Å². The molecule has 5 nitrogen and oxygen atoms in total. The zero-order chi connectivity index (χ0) is 17.6. The number of hydrogen-bond donors (Lipinski definition) is 2. The molecule has 0 saturated carbocycles. The molecular formula is C17H27FN2O3. The molecule has 130 valence electrons. The summed E-state index contributed by atoms with van der Waals surface area (Å²) < 4.78 is 23.9. The van der Waals surface area contributed by atoms with Gasteiger partial charge in [-0.1, -0.05) is 0 Å². The third kappa shape index (κ3) is 6.86. The molecule has 1 amide bonds. The van der Waals surface area contributed by atoms with Gasteiger partial charge in [0.25, 0.3) is 0 Å². The summed E-state index contributed by atoms with van der Waals surface area (Å²) in [4.78, 5) is 11.6. The van der Waals surface area contributed by atoms with E-state index in [0.717, 1.165) is 5.56 Å². The normalized spacial score (nSPS) is 14.0. The van der Waals surface area contributed by atoms with Crippen LogP contribution in [-0.2, 0) is 4.74 Å². The number of ether oxygens (including phenoxy) is 2. The summed E-state index contributed by atoms with van der Waals surface area (Å²) in [6.07, 6.45) is -0.456. The molecule has 6 heteroatoms. The predicted octanol–water partition coefficient (Wildman–Crippen LogP) is 3.40. The molecule has 0 bridgehead atoms. The molecular weight excluding hydrogens is 299 g/mol. The van der Waals surface area contributed by atoms with Gasteiger partial charge in [0.05, 0.1) is 7.11 Å². The summed E-state index contributed by atoms with van der Waals surface area (Å²) >= 11 is 0. The first kappa shape index (κ1) is 19.2. The molecule has 0 aliphatic carbocycles. The summed E-state index contributed by atoms with van der Waals surface area (Å²) in [6, 6.07) is 4.26. The van der Waals surface area contributed by atoms with Gasteiger partial charge in [-0.05, 0) is 52.8 Å². The minimum Gasteiger partial charge on any atom is -0.496 e. The molecule has 0 spiro atoms. The predicted molar refractivity (Wildman–Crippen MR) is 88.2 cm³/mol. The zero-order valence-corrected chi connectivity index (χ0v) is 14.7. The van der Waals surface area contributed by atoms with E-state index in [2.05, 4.69) is 10.6 Å². The molecule has 1 rings (SSSR count). The second kappa shape index (κ2) is 8.15. The highest BCUT2D eigenvalue weighted by atomic mass is 19.1. The van der Waals surface area contributed by atoms with Gasteiger partial charge in [0.1, 0.15) is 17.2 Å². The number of rotatable bonds is 6. The summed E-state index contributed by atoms with van der Waals surface area (Å²) in [7, 11) is 1.55. The third-order valence-corrected chi connectivity index (χ3v) is 3.14. The van der Waals surface area contributed by atoms with Gasteiger partial charge in [-0.3, -0.25) is 0 Å². The van der Waals surface area contributed by atoms with Crippen molar-refractivity contribution in [3.05, 3.63) is 29.6 Å². The lowest BCUT2D eigenvalue weighted by Crippen LogP contribution is -2.42. The van der Waals surface area contributed by atoms with E-state index >= 15 is 0 Å². The smallest absolute Gasteiger partial charge is 0.407 e. The Hall–Kier alpha value is -1.82.